The second-order valence-electron chi connectivity index (χ2n) is 6.64. The zero-order valence-electron chi connectivity index (χ0n) is 15.8. The molecule has 0 aliphatic carbocycles. The SMILES string of the molecule is COc1ccc(Cl)cc1CC1CNC(=O)CN(C(=O)Nc2cccc(N)c2)C1=O. The molecule has 0 radical (unpaired) electrons. The third kappa shape index (κ3) is 4.97. The number of nitrogens with two attached hydrogens (primary N) is 1. The monoisotopic (exact) mass is 416 g/mol. The van der Waals surface area contributed by atoms with Crippen LogP contribution < -0.4 is 21.1 Å². The number of nitrogens with one attached hydrogen (secondary N) is 2. The fourth-order valence-electron chi connectivity index (χ4n) is 3.13. The molecule has 1 aliphatic heterocycles. The van der Waals surface area contributed by atoms with Gasteiger partial charge >= 0.3 is 6.03 Å². The topological polar surface area (TPSA) is 114 Å². The highest BCUT2D eigenvalue weighted by Crippen LogP contribution is 2.26. The van der Waals surface area contributed by atoms with Crippen molar-refractivity contribution in [3.63, 3.8) is 0 Å². The number of benzene rings is 2. The van der Waals surface area contributed by atoms with E-state index in [-0.39, 0.29) is 19.5 Å². The van der Waals surface area contributed by atoms with Gasteiger partial charge in [-0.3, -0.25) is 14.5 Å². The van der Waals surface area contributed by atoms with Crippen molar-refractivity contribution in [1.29, 1.82) is 0 Å². The molecule has 1 atom stereocenters. The van der Waals surface area contributed by atoms with Crippen LogP contribution in [0.4, 0.5) is 16.2 Å². The number of nitrogens with zero attached hydrogens (tertiary/aromatic N) is 1. The van der Waals surface area contributed by atoms with Crippen LogP contribution in [0.15, 0.2) is 42.5 Å². The normalized spacial score (nSPS) is 16.8. The molecule has 0 spiro atoms. The van der Waals surface area contributed by atoms with Crippen molar-refractivity contribution < 1.29 is 19.1 Å². The number of carbonyl (C=O) groups excluding carboxylic acids is 3. The number of imide groups is 1. The van der Waals surface area contributed by atoms with E-state index in [2.05, 4.69) is 10.6 Å². The molecule has 9 heteroatoms. The largest absolute Gasteiger partial charge is 0.496 e. The number of methoxy groups -OCH3 is 1. The van der Waals surface area contributed by atoms with Gasteiger partial charge in [0.05, 0.1) is 13.0 Å². The van der Waals surface area contributed by atoms with Crippen LogP contribution in [-0.4, -0.2) is 42.9 Å². The summed E-state index contributed by atoms with van der Waals surface area (Å²) in [5, 5.41) is 5.79. The minimum absolute atomic E-state index is 0.107. The number of nitrogen functional groups attached to an aromatic ring is 1. The minimum Gasteiger partial charge on any atom is -0.496 e. The van der Waals surface area contributed by atoms with Crippen molar-refractivity contribution in [3.05, 3.63) is 53.1 Å². The maximum Gasteiger partial charge on any atom is 0.329 e. The minimum atomic E-state index is -0.694. The number of hydrogen-bond donors (Lipinski definition) is 3. The molecule has 0 bridgehead atoms. The Kier molecular flexibility index (Phi) is 6.23. The Morgan fingerprint density at radius 3 is 2.83 bits per heavy atom. The first kappa shape index (κ1) is 20.5. The van der Waals surface area contributed by atoms with Crippen molar-refractivity contribution >= 4 is 40.8 Å². The van der Waals surface area contributed by atoms with E-state index in [1.165, 1.54) is 7.11 Å². The lowest BCUT2D eigenvalue weighted by Gasteiger charge is -2.22. The van der Waals surface area contributed by atoms with E-state index in [0.717, 1.165) is 4.90 Å². The van der Waals surface area contributed by atoms with Gasteiger partial charge in [0, 0.05) is 22.9 Å². The van der Waals surface area contributed by atoms with E-state index in [1.54, 1.807) is 42.5 Å². The first-order valence-corrected chi connectivity index (χ1v) is 9.32. The van der Waals surface area contributed by atoms with Crippen molar-refractivity contribution in [3.8, 4) is 5.75 Å². The number of amides is 4. The average Bonchev–Trinajstić information content (AvgIpc) is 2.82. The molecule has 2 aromatic carbocycles. The van der Waals surface area contributed by atoms with Crippen LogP contribution >= 0.6 is 11.6 Å². The lowest BCUT2D eigenvalue weighted by Crippen LogP contribution is -2.44. The standard InChI is InChI=1S/C20H21ClN4O4/c1-29-17-6-5-14(21)8-12(17)7-13-10-23-18(26)11-25(19(13)27)20(28)24-16-4-2-3-15(22)9-16/h2-6,8-9,13H,7,10-11,22H2,1H3,(H,23,26)(H,24,28). The van der Waals surface area contributed by atoms with E-state index in [1.807, 2.05) is 0 Å². The summed E-state index contributed by atoms with van der Waals surface area (Å²) < 4.78 is 5.33. The predicted octanol–water partition coefficient (Wildman–Crippen LogP) is 2.28. The van der Waals surface area contributed by atoms with Crippen LogP contribution in [0.25, 0.3) is 0 Å². The lowest BCUT2D eigenvalue weighted by molar-refractivity contribution is -0.133. The van der Waals surface area contributed by atoms with Gasteiger partial charge in [-0.05, 0) is 48.4 Å². The van der Waals surface area contributed by atoms with E-state index >= 15 is 0 Å². The van der Waals surface area contributed by atoms with Crippen LogP contribution in [0.1, 0.15) is 5.56 Å². The molecular weight excluding hydrogens is 396 g/mol. The van der Waals surface area contributed by atoms with Gasteiger partial charge in [0.2, 0.25) is 11.8 Å². The van der Waals surface area contributed by atoms with Gasteiger partial charge in [0.25, 0.3) is 0 Å². The van der Waals surface area contributed by atoms with Crippen molar-refractivity contribution in [2.75, 3.05) is 31.2 Å². The molecule has 29 heavy (non-hydrogen) atoms. The third-order valence-corrected chi connectivity index (χ3v) is 4.79. The second-order valence-corrected chi connectivity index (χ2v) is 7.08. The number of rotatable bonds is 4. The average molecular weight is 417 g/mol. The highest BCUT2D eigenvalue weighted by atomic mass is 35.5. The number of halogens is 1. The van der Waals surface area contributed by atoms with Gasteiger partial charge in [-0.2, -0.15) is 0 Å². The third-order valence-electron chi connectivity index (χ3n) is 4.55. The van der Waals surface area contributed by atoms with Crippen LogP contribution in [-0.2, 0) is 16.0 Å². The maximum atomic E-state index is 13.1. The zero-order chi connectivity index (χ0) is 21.0. The Hall–Kier alpha value is -3.26. The van der Waals surface area contributed by atoms with Gasteiger partial charge in [0.15, 0.2) is 0 Å². The van der Waals surface area contributed by atoms with Crippen LogP contribution in [0, 0.1) is 5.92 Å². The van der Waals surface area contributed by atoms with E-state index in [4.69, 9.17) is 22.1 Å². The van der Waals surface area contributed by atoms with Gasteiger partial charge < -0.3 is 21.1 Å². The highest BCUT2D eigenvalue weighted by Gasteiger charge is 2.34. The van der Waals surface area contributed by atoms with Gasteiger partial charge in [0.1, 0.15) is 12.3 Å². The Labute approximate surface area is 173 Å². The number of urea groups is 1. The first-order valence-electron chi connectivity index (χ1n) is 8.94. The Morgan fingerprint density at radius 1 is 1.31 bits per heavy atom. The van der Waals surface area contributed by atoms with E-state index in [0.29, 0.717) is 27.7 Å². The molecular formula is C20H21ClN4O4. The van der Waals surface area contributed by atoms with Gasteiger partial charge in [-0.15, -0.1) is 0 Å². The summed E-state index contributed by atoms with van der Waals surface area (Å²) in [7, 11) is 1.52. The fraction of sp³-hybridized carbons (Fsp3) is 0.250. The molecule has 0 aromatic heterocycles. The molecule has 8 nitrogen and oxygen atoms in total. The molecule has 152 valence electrons. The summed E-state index contributed by atoms with van der Waals surface area (Å²) >= 11 is 6.07. The zero-order valence-corrected chi connectivity index (χ0v) is 16.5. The number of hydrogen-bond acceptors (Lipinski definition) is 5. The summed E-state index contributed by atoms with van der Waals surface area (Å²) in [6.07, 6.45) is 0.255. The van der Waals surface area contributed by atoms with Crippen LogP contribution in [0.3, 0.4) is 0 Å². The quantitative estimate of drug-likeness (QED) is 0.661. The molecule has 2 aromatic rings. The number of carbonyl (C=O) groups is 3. The second kappa shape index (κ2) is 8.83. The lowest BCUT2D eigenvalue weighted by atomic mass is 9.97. The molecule has 4 N–H and O–H groups in total. The van der Waals surface area contributed by atoms with E-state index < -0.39 is 23.8 Å². The summed E-state index contributed by atoms with van der Waals surface area (Å²) in [4.78, 5) is 38.7. The summed E-state index contributed by atoms with van der Waals surface area (Å²) in [6, 6.07) is 11.0. The van der Waals surface area contributed by atoms with Gasteiger partial charge in [-0.1, -0.05) is 17.7 Å². The molecule has 1 unspecified atom stereocenters. The van der Waals surface area contributed by atoms with Crippen LogP contribution in [0.2, 0.25) is 5.02 Å². The van der Waals surface area contributed by atoms with E-state index in [9.17, 15) is 14.4 Å². The highest BCUT2D eigenvalue weighted by molar-refractivity contribution is 6.30. The summed E-state index contributed by atoms with van der Waals surface area (Å²) in [5.41, 5.74) is 7.33. The maximum absolute atomic E-state index is 13.1. The fourth-order valence-corrected chi connectivity index (χ4v) is 3.33. The molecule has 1 heterocycles. The Bertz CT molecular complexity index is 950. The molecule has 4 amide bonds. The van der Waals surface area contributed by atoms with Gasteiger partial charge in [-0.25, -0.2) is 4.79 Å². The van der Waals surface area contributed by atoms with Crippen LogP contribution in [0.5, 0.6) is 5.75 Å². The Morgan fingerprint density at radius 2 is 2.10 bits per heavy atom. The smallest absolute Gasteiger partial charge is 0.329 e. The summed E-state index contributed by atoms with van der Waals surface area (Å²) in [6.45, 7) is -0.258. The van der Waals surface area contributed by atoms with Crippen molar-refractivity contribution in [1.82, 2.24) is 10.2 Å². The van der Waals surface area contributed by atoms with Crippen molar-refractivity contribution in [2.45, 2.75) is 6.42 Å². The molecule has 0 saturated carbocycles. The molecule has 1 aliphatic rings. The molecule has 1 fully saturated rings. The number of ether oxygens (including phenoxy) is 1. The Balaban J connectivity index is 1.81. The molecule has 3 rings (SSSR count). The molecule has 1 saturated heterocycles. The first-order chi connectivity index (χ1) is 13.9. The number of anilines is 2. The predicted molar refractivity (Wildman–Crippen MR) is 110 cm³/mol. The van der Waals surface area contributed by atoms with Crippen molar-refractivity contribution in [2.24, 2.45) is 5.92 Å². The summed E-state index contributed by atoms with van der Waals surface area (Å²) in [5.74, 6) is -0.956.